The zero-order valence-corrected chi connectivity index (χ0v) is 14.4. The summed E-state index contributed by atoms with van der Waals surface area (Å²) in [7, 11) is 0. The second kappa shape index (κ2) is 7.69. The Labute approximate surface area is 150 Å². The predicted molar refractivity (Wildman–Crippen MR) is 89.7 cm³/mol. The Morgan fingerprint density at radius 3 is 2.24 bits per heavy atom. The van der Waals surface area contributed by atoms with Gasteiger partial charge in [-0.15, -0.1) is 0 Å². The normalized spacial score (nSPS) is 12.5. The van der Waals surface area contributed by atoms with E-state index in [4.69, 9.17) is 5.73 Å². The highest BCUT2D eigenvalue weighted by Crippen LogP contribution is 2.31. The number of benzene rings is 2. The number of carbonyl (C=O) groups excluding carboxylic acids is 2. The summed E-state index contributed by atoms with van der Waals surface area (Å²) in [4.78, 5) is 23.8. The molecule has 0 aromatic heterocycles. The first-order valence-electron chi connectivity index (χ1n) is 7.19. The maximum absolute atomic E-state index is 13.0. The second-order valence-electron chi connectivity index (χ2n) is 5.30. The van der Waals surface area contributed by atoms with Gasteiger partial charge in [-0.3, -0.25) is 9.59 Å². The Balaban J connectivity index is 2.21. The van der Waals surface area contributed by atoms with Crippen LogP contribution in [-0.4, -0.2) is 17.9 Å². The predicted octanol–water partition coefficient (Wildman–Crippen LogP) is 3.29. The molecule has 8 heteroatoms. The van der Waals surface area contributed by atoms with Crippen LogP contribution in [-0.2, 0) is 17.4 Å². The van der Waals surface area contributed by atoms with E-state index in [1.54, 1.807) is 24.3 Å². The fourth-order valence-electron chi connectivity index (χ4n) is 2.24. The van der Waals surface area contributed by atoms with E-state index in [9.17, 15) is 22.8 Å². The highest BCUT2D eigenvalue weighted by Gasteiger charge is 2.35. The molecule has 0 bridgehead atoms. The molecule has 2 aromatic carbocycles. The van der Waals surface area contributed by atoms with Crippen molar-refractivity contribution in [3.8, 4) is 0 Å². The Hall–Kier alpha value is -2.35. The lowest BCUT2D eigenvalue weighted by atomic mass is 10.0. The molecule has 0 aliphatic rings. The third-order valence-electron chi connectivity index (χ3n) is 3.48. The molecule has 0 aliphatic carbocycles. The molecular formula is C17H14BrF3N2O2. The number of amides is 2. The van der Waals surface area contributed by atoms with Gasteiger partial charge in [-0.1, -0.05) is 40.2 Å². The molecule has 25 heavy (non-hydrogen) atoms. The molecule has 2 rings (SSSR count). The first kappa shape index (κ1) is 19.0. The quantitative estimate of drug-likeness (QED) is 0.787. The molecule has 0 unspecified atom stereocenters. The van der Waals surface area contributed by atoms with Crippen LogP contribution in [0.3, 0.4) is 0 Å². The molecule has 0 radical (unpaired) electrons. The number of rotatable bonds is 5. The minimum atomic E-state index is -4.68. The molecule has 0 spiro atoms. The van der Waals surface area contributed by atoms with Gasteiger partial charge in [-0.05, 0) is 29.8 Å². The average molecular weight is 415 g/mol. The Morgan fingerprint density at radius 1 is 1.08 bits per heavy atom. The third-order valence-corrected chi connectivity index (χ3v) is 4.01. The lowest BCUT2D eigenvalue weighted by Gasteiger charge is -2.18. The highest BCUT2D eigenvalue weighted by atomic mass is 79.9. The summed E-state index contributed by atoms with van der Waals surface area (Å²) in [6, 6.07) is 10.2. The van der Waals surface area contributed by atoms with Gasteiger partial charge in [0.05, 0.1) is 11.1 Å². The summed E-state index contributed by atoms with van der Waals surface area (Å²) < 4.78 is 39.9. The van der Waals surface area contributed by atoms with Gasteiger partial charge in [-0.2, -0.15) is 13.2 Å². The van der Waals surface area contributed by atoms with Gasteiger partial charge >= 0.3 is 6.18 Å². The van der Waals surface area contributed by atoms with Crippen molar-refractivity contribution in [2.75, 3.05) is 0 Å². The Kier molecular flexibility index (Phi) is 5.84. The summed E-state index contributed by atoms with van der Waals surface area (Å²) in [5, 5.41) is 2.28. The molecule has 2 amide bonds. The van der Waals surface area contributed by atoms with Crippen LogP contribution >= 0.6 is 15.9 Å². The maximum atomic E-state index is 13.0. The van der Waals surface area contributed by atoms with Crippen LogP contribution in [0.25, 0.3) is 0 Å². The minimum Gasteiger partial charge on any atom is -0.368 e. The number of alkyl halides is 3. The Bertz CT molecular complexity index is 776. The van der Waals surface area contributed by atoms with Crippen LogP contribution in [0.1, 0.15) is 21.5 Å². The van der Waals surface area contributed by atoms with Gasteiger partial charge in [0.2, 0.25) is 5.91 Å². The number of halogens is 4. The first-order chi connectivity index (χ1) is 11.7. The van der Waals surface area contributed by atoms with E-state index in [1.165, 1.54) is 12.1 Å². The van der Waals surface area contributed by atoms with Crippen LogP contribution < -0.4 is 11.1 Å². The van der Waals surface area contributed by atoms with Crippen molar-refractivity contribution in [1.29, 1.82) is 0 Å². The number of carbonyl (C=O) groups is 2. The summed E-state index contributed by atoms with van der Waals surface area (Å²) >= 11 is 3.27. The zero-order valence-electron chi connectivity index (χ0n) is 12.8. The van der Waals surface area contributed by atoms with Crippen molar-refractivity contribution < 1.29 is 22.8 Å². The smallest absolute Gasteiger partial charge is 0.368 e. The van der Waals surface area contributed by atoms with Crippen molar-refractivity contribution in [2.45, 2.75) is 18.6 Å². The van der Waals surface area contributed by atoms with Crippen molar-refractivity contribution in [3.05, 3.63) is 69.7 Å². The topological polar surface area (TPSA) is 72.2 Å². The maximum Gasteiger partial charge on any atom is 0.417 e. The first-order valence-corrected chi connectivity index (χ1v) is 7.98. The van der Waals surface area contributed by atoms with Crippen LogP contribution in [0.4, 0.5) is 13.2 Å². The highest BCUT2D eigenvalue weighted by molar-refractivity contribution is 9.10. The van der Waals surface area contributed by atoms with Crippen molar-refractivity contribution in [1.82, 2.24) is 5.32 Å². The summed E-state index contributed by atoms with van der Waals surface area (Å²) in [5.74, 6) is -1.84. The van der Waals surface area contributed by atoms with Gasteiger partial charge in [0, 0.05) is 10.9 Å². The second-order valence-corrected chi connectivity index (χ2v) is 6.22. The van der Waals surface area contributed by atoms with Gasteiger partial charge in [0.1, 0.15) is 6.04 Å². The lowest BCUT2D eigenvalue weighted by molar-refractivity contribution is -0.137. The van der Waals surface area contributed by atoms with Crippen LogP contribution in [0, 0.1) is 0 Å². The van der Waals surface area contributed by atoms with E-state index in [0.717, 1.165) is 16.6 Å². The van der Waals surface area contributed by atoms with Crippen LogP contribution in [0.15, 0.2) is 53.0 Å². The number of hydrogen-bond acceptors (Lipinski definition) is 2. The van der Waals surface area contributed by atoms with E-state index in [-0.39, 0.29) is 6.42 Å². The molecule has 3 N–H and O–H groups in total. The molecule has 1 atom stereocenters. The average Bonchev–Trinajstić information content (AvgIpc) is 2.55. The van der Waals surface area contributed by atoms with Gasteiger partial charge in [-0.25, -0.2) is 0 Å². The van der Waals surface area contributed by atoms with Crippen molar-refractivity contribution in [3.63, 3.8) is 0 Å². The number of nitrogens with two attached hydrogens (primary N) is 1. The standard InChI is InChI=1S/C17H14BrF3N2O2/c18-11-7-5-10(6-8-11)9-14(15(22)24)23-16(25)12-3-1-2-4-13(12)17(19,20)21/h1-8,14H,9H2,(H2,22,24)(H,23,25)/t14-/m0/s1. The molecule has 0 aliphatic heterocycles. The van der Waals surface area contributed by atoms with E-state index < -0.39 is 35.2 Å². The molecule has 0 heterocycles. The fraction of sp³-hybridized carbons (Fsp3) is 0.176. The number of hydrogen-bond donors (Lipinski definition) is 2. The summed E-state index contributed by atoms with van der Waals surface area (Å²) in [6.07, 6.45) is -4.61. The van der Waals surface area contributed by atoms with Crippen molar-refractivity contribution >= 4 is 27.7 Å². The Morgan fingerprint density at radius 2 is 1.68 bits per heavy atom. The van der Waals surface area contributed by atoms with E-state index in [0.29, 0.717) is 5.56 Å². The monoisotopic (exact) mass is 414 g/mol. The third kappa shape index (κ3) is 5.06. The molecule has 0 fully saturated rings. The molecule has 0 saturated heterocycles. The lowest BCUT2D eigenvalue weighted by Crippen LogP contribution is -2.46. The summed E-state index contributed by atoms with van der Waals surface area (Å²) in [6.45, 7) is 0. The number of primary amides is 1. The largest absolute Gasteiger partial charge is 0.417 e. The van der Waals surface area contributed by atoms with Crippen molar-refractivity contribution in [2.24, 2.45) is 5.73 Å². The zero-order chi connectivity index (χ0) is 18.6. The molecule has 4 nitrogen and oxygen atoms in total. The summed E-state index contributed by atoms with van der Waals surface area (Å²) in [5.41, 5.74) is 4.36. The SMILES string of the molecule is NC(=O)[C@H](Cc1ccc(Br)cc1)NC(=O)c1ccccc1C(F)(F)F. The molecule has 2 aromatic rings. The van der Waals surface area contributed by atoms with Gasteiger partial charge in [0.15, 0.2) is 0 Å². The minimum absolute atomic E-state index is 0.0720. The molecule has 132 valence electrons. The van der Waals surface area contributed by atoms with Gasteiger partial charge < -0.3 is 11.1 Å². The fourth-order valence-corrected chi connectivity index (χ4v) is 2.51. The molecule has 0 saturated carbocycles. The van der Waals surface area contributed by atoms with Crippen LogP contribution in [0.2, 0.25) is 0 Å². The van der Waals surface area contributed by atoms with Crippen LogP contribution in [0.5, 0.6) is 0 Å². The molecular weight excluding hydrogens is 401 g/mol. The van der Waals surface area contributed by atoms with E-state index in [1.807, 2.05) is 0 Å². The van der Waals surface area contributed by atoms with E-state index >= 15 is 0 Å². The number of nitrogens with one attached hydrogen (secondary N) is 1. The van der Waals surface area contributed by atoms with Gasteiger partial charge in [0.25, 0.3) is 5.91 Å². The van der Waals surface area contributed by atoms with E-state index in [2.05, 4.69) is 21.2 Å².